The first kappa shape index (κ1) is 25.2. The quantitative estimate of drug-likeness (QED) is 0.178. The highest BCUT2D eigenvalue weighted by Gasteiger charge is 2.14. The van der Waals surface area contributed by atoms with Crippen LogP contribution in [0.2, 0.25) is 0 Å². The number of hydrogen-bond acceptors (Lipinski definition) is 4. The van der Waals surface area contributed by atoms with Crippen LogP contribution < -0.4 is 5.32 Å². The van der Waals surface area contributed by atoms with Gasteiger partial charge in [-0.05, 0) is 34.1 Å². The van der Waals surface area contributed by atoms with E-state index in [1.54, 1.807) is 11.8 Å². The molecule has 0 aliphatic rings. The number of likely N-dealkylation sites (N-methyl/N-ethyl adjacent to an activating group) is 2. The molecule has 0 bridgehead atoms. The van der Waals surface area contributed by atoms with Crippen molar-refractivity contribution in [2.45, 2.75) is 40.5 Å². The summed E-state index contributed by atoms with van der Waals surface area (Å²) in [5.41, 5.74) is 0. The van der Waals surface area contributed by atoms with Crippen LogP contribution in [0.3, 0.4) is 0 Å². The second-order valence-corrected chi connectivity index (χ2v) is 5.07. The zero-order valence-corrected chi connectivity index (χ0v) is 18.0. The van der Waals surface area contributed by atoms with Crippen LogP contribution in [0, 0.1) is 0 Å². The molecule has 1 N–H and O–H groups in total. The molecule has 0 fully saturated rings. The van der Waals surface area contributed by atoms with Gasteiger partial charge in [-0.15, -0.1) is 24.0 Å². The summed E-state index contributed by atoms with van der Waals surface area (Å²) in [6.45, 7) is 11.0. The van der Waals surface area contributed by atoms with Crippen molar-refractivity contribution >= 4 is 41.8 Å². The molecule has 0 saturated carbocycles. The van der Waals surface area contributed by atoms with E-state index < -0.39 is 0 Å². The highest BCUT2D eigenvalue weighted by Crippen LogP contribution is 1.97. The van der Waals surface area contributed by atoms with Crippen molar-refractivity contribution in [2.75, 3.05) is 46.4 Å². The van der Waals surface area contributed by atoms with Gasteiger partial charge in [-0.2, -0.15) is 0 Å². The van der Waals surface area contributed by atoms with E-state index in [9.17, 15) is 9.59 Å². The Hall–Kier alpha value is -1.06. The minimum Gasteiger partial charge on any atom is -0.466 e. The van der Waals surface area contributed by atoms with Gasteiger partial charge >= 0.3 is 5.97 Å². The lowest BCUT2D eigenvalue weighted by Crippen LogP contribution is -2.45. The molecule has 0 aromatic heterocycles. The molecule has 0 aliphatic heterocycles. The SMILES string of the molecule is CCNC(=NCCCC(=O)OCC)N(C)CC(=O)N(CC)CC.I. The van der Waals surface area contributed by atoms with E-state index in [0.29, 0.717) is 45.0 Å². The summed E-state index contributed by atoms with van der Waals surface area (Å²) in [5.74, 6) is 0.559. The smallest absolute Gasteiger partial charge is 0.305 e. The zero-order chi connectivity index (χ0) is 17.7. The summed E-state index contributed by atoms with van der Waals surface area (Å²) in [6, 6.07) is 0. The lowest BCUT2D eigenvalue weighted by atomic mass is 10.3. The summed E-state index contributed by atoms with van der Waals surface area (Å²) in [6.07, 6.45) is 0.990. The molecule has 8 heteroatoms. The maximum absolute atomic E-state index is 12.2. The molecule has 0 atom stereocenters. The average Bonchev–Trinajstić information content (AvgIpc) is 2.51. The fourth-order valence-electron chi connectivity index (χ4n) is 2.07. The van der Waals surface area contributed by atoms with Crippen LogP contribution in [0.1, 0.15) is 40.5 Å². The van der Waals surface area contributed by atoms with Gasteiger partial charge in [0, 0.05) is 39.6 Å². The van der Waals surface area contributed by atoms with Gasteiger partial charge in [0.15, 0.2) is 5.96 Å². The zero-order valence-electron chi connectivity index (χ0n) is 15.6. The van der Waals surface area contributed by atoms with E-state index in [1.807, 2.05) is 32.7 Å². The highest BCUT2D eigenvalue weighted by molar-refractivity contribution is 14.0. The van der Waals surface area contributed by atoms with Gasteiger partial charge in [0.25, 0.3) is 0 Å². The van der Waals surface area contributed by atoms with Crippen molar-refractivity contribution in [1.82, 2.24) is 15.1 Å². The van der Waals surface area contributed by atoms with E-state index in [1.165, 1.54) is 0 Å². The van der Waals surface area contributed by atoms with Crippen LogP contribution in [-0.2, 0) is 14.3 Å². The molecule has 0 heterocycles. The van der Waals surface area contributed by atoms with E-state index >= 15 is 0 Å². The molecule has 0 aliphatic carbocycles. The molecular formula is C16H33IN4O3. The van der Waals surface area contributed by atoms with Gasteiger partial charge in [0.05, 0.1) is 13.2 Å². The van der Waals surface area contributed by atoms with Crippen LogP contribution in [0.25, 0.3) is 0 Å². The van der Waals surface area contributed by atoms with Gasteiger partial charge in [-0.3, -0.25) is 14.6 Å². The molecule has 24 heavy (non-hydrogen) atoms. The summed E-state index contributed by atoms with van der Waals surface area (Å²) in [4.78, 5) is 31.5. The Morgan fingerprint density at radius 1 is 1.12 bits per heavy atom. The minimum atomic E-state index is -0.197. The minimum absolute atomic E-state index is 0. The van der Waals surface area contributed by atoms with Crippen LogP contribution in [0.15, 0.2) is 4.99 Å². The van der Waals surface area contributed by atoms with Crippen LogP contribution in [0.5, 0.6) is 0 Å². The molecule has 0 spiro atoms. The monoisotopic (exact) mass is 456 g/mol. The number of amides is 1. The number of halogens is 1. The summed E-state index contributed by atoms with van der Waals surface area (Å²) < 4.78 is 4.88. The fourth-order valence-corrected chi connectivity index (χ4v) is 2.07. The number of carbonyl (C=O) groups excluding carboxylic acids is 2. The lowest BCUT2D eigenvalue weighted by molar-refractivity contribution is -0.143. The standard InChI is InChI=1S/C16H32N4O3.HI/c1-6-17-16(18-12-10-11-15(22)23-9-4)19(5)13-14(21)20(7-2)8-3;/h6-13H2,1-5H3,(H,17,18);1H. The van der Waals surface area contributed by atoms with E-state index in [2.05, 4.69) is 10.3 Å². The third-order valence-corrected chi connectivity index (χ3v) is 3.29. The molecule has 0 radical (unpaired) electrons. The van der Waals surface area contributed by atoms with Crippen LogP contribution in [-0.4, -0.2) is 74.0 Å². The Kier molecular flexibility index (Phi) is 16.2. The Labute approximate surface area is 163 Å². The van der Waals surface area contributed by atoms with E-state index in [0.717, 1.165) is 6.54 Å². The average molecular weight is 456 g/mol. The second-order valence-electron chi connectivity index (χ2n) is 5.07. The Bertz CT molecular complexity index is 388. The second kappa shape index (κ2) is 15.5. The molecular weight excluding hydrogens is 423 g/mol. The Balaban J connectivity index is 0. The number of aliphatic imine (C=N–C) groups is 1. The maximum Gasteiger partial charge on any atom is 0.305 e. The van der Waals surface area contributed by atoms with E-state index in [-0.39, 0.29) is 42.4 Å². The molecule has 0 rings (SSSR count). The lowest BCUT2D eigenvalue weighted by Gasteiger charge is -2.25. The van der Waals surface area contributed by atoms with Gasteiger partial charge < -0.3 is 19.9 Å². The molecule has 0 aromatic rings. The van der Waals surface area contributed by atoms with Crippen LogP contribution >= 0.6 is 24.0 Å². The van der Waals surface area contributed by atoms with Crippen LogP contribution in [0.4, 0.5) is 0 Å². The number of esters is 1. The predicted molar refractivity (Wildman–Crippen MR) is 108 cm³/mol. The number of nitrogens with one attached hydrogen (secondary N) is 1. The van der Waals surface area contributed by atoms with Gasteiger partial charge in [-0.25, -0.2) is 0 Å². The third kappa shape index (κ3) is 10.7. The summed E-state index contributed by atoms with van der Waals surface area (Å²) >= 11 is 0. The van der Waals surface area contributed by atoms with Crippen molar-refractivity contribution < 1.29 is 14.3 Å². The molecule has 0 unspecified atom stereocenters. The Morgan fingerprint density at radius 3 is 2.25 bits per heavy atom. The molecule has 0 saturated heterocycles. The third-order valence-electron chi connectivity index (χ3n) is 3.29. The highest BCUT2D eigenvalue weighted by atomic mass is 127. The number of guanidine groups is 1. The molecule has 0 aromatic carbocycles. The first-order valence-electron chi connectivity index (χ1n) is 8.42. The van der Waals surface area contributed by atoms with Gasteiger partial charge in [0.1, 0.15) is 0 Å². The number of carbonyl (C=O) groups is 2. The Morgan fingerprint density at radius 2 is 1.75 bits per heavy atom. The summed E-state index contributed by atoms with van der Waals surface area (Å²) in [5, 5.41) is 3.16. The number of nitrogens with zero attached hydrogens (tertiary/aromatic N) is 3. The number of rotatable bonds is 10. The first-order chi connectivity index (χ1) is 11.0. The molecule has 1 amide bonds. The van der Waals surface area contributed by atoms with Crippen molar-refractivity contribution in [3.63, 3.8) is 0 Å². The van der Waals surface area contributed by atoms with Crippen molar-refractivity contribution in [1.29, 1.82) is 0 Å². The maximum atomic E-state index is 12.2. The normalized spacial score (nSPS) is 10.6. The molecule has 142 valence electrons. The molecule has 7 nitrogen and oxygen atoms in total. The van der Waals surface area contributed by atoms with E-state index in [4.69, 9.17) is 4.74 Å². The predicted octanol–water partition coefficient (Wildman–Crippen LogP) is 1.71. The fraction of sp³-hybridized carbons (Fsp3) is 0.812. The van der Waals surface area contributed by atoms with Crippen molar-refractivity contribution in [3.8, 4) is 0 Å². The number of ether oxygens (including phenoxy) is 1. The van der Waals surface area contributed by atoms with Crippen molar-refractivity contribution in [2.24, 2.45) is 4.99 Å². The number of hydrogen-bond donors (Lipinski definition) is 1. The first-order valence-corrected chi connectivity index (χ1v) is 8.42. The summed E-state index contributed by atoms with van der Waals surface area (Å²) in [7, 11) is 1.84. The van der Waals surface area contributed by atoms with Gasteiger partial charge in [0.2, 0.25) is 5.91 Å². The topological polar surface area (TPSA) is 74.2 Å². The largest absolute Gasteiger partial charge is 0.466 e. The van der Waals surface area contributed by atoms with Gasteiger partial charge in [-0.1, -0.05) is 0 Å². The van der Waals surface area contributed by atoms with Crippen molar-refractivity contribution in [3.05, 3.63) is 0 Å².